The molecule has 0 atom stereocenters. The van der Waals surface area contributed by atoms with Crippen LogP contribution < -0.4 is 9.80 Å². The maximum Gasteiger partial charge on any atom is 0.224 e. The Bertz CT molecular complexity index is 703. The van der Waals surface area contributed by atoms with E-state index in [1.807, 2.05) is 31.4 Å². The predicted octanol–water partition coefficient (Wildman–Crippen LogP) is 1.53. The average molecular weight is 339 g/mol. The van der Waals surface area contributed by atoms with Gasteiger partial charge in [0.05, 0.1) is 5.69 Å². The molecule has 7 nitrogen and oxygen atoms in total. The molecule has 1 saturated carbocycles. The van der Waals surface area contributed by atoms with Crippen molar-refractivity contribution in [2.75, 3.05) is 44.0 Å². The molecule has 4 rings (SSSR count). The fourth-order valence-electron chi connectivity index (χ4n) is 3.10. The number of rotatable bonds is 6. The SMILES string of the molecule is CN(C)c1ncc(CN(C)C2CN(c3ccc(C4CC4)nn3)C2)cn1. The van der Waals surface area contributed by atoms with Gasteiger partial charge in [-0.25, -0.2) is 9.97 Å². The first-order valence-electron chi connectivity index (χ1n) is 8.87. The molecule has 3 heterocycles. The van der Waals surface area contributed by atoms with Crippen LogP contribution in [-0.4, -0.2) is 65.3 Å². The maximum absolute atomic E-state index is 4.40. The van der Waals surface area contributed by atoms with Crippen molar-refractivity contribution in [3.8, 4) is 0 Å². The van der Waals surface area contributed by atoms with Crippen LogP contribution in [0.15, 0.2) is 24.5 Å². The lowest BCUT2D eigenvalue weighted by atomic mass is 10.1. The van der Waals surface area contributed by atoms with E-state index in [1.165, 1.54) is 12.8 Å². The summed E-state index contributed by atoms with van der Waals surface area (Å²) in [5.74, 6) is 2.40. The minimum Gasteiger partial charge on any atom is -0.352 e. The van der Waals surface area contributed by atoms with Gasteiger partial charge in [0.15, 0.2) is 5.82 Å². The molecule has 1 saturated heterocycles. The molecule has 2 aliphatic rings. The van der Waals surface area contributed by atoms with E-state index in [0.717, 1.165) is 42.7 Å². The Kier molecular flexibility index (Phi) is 4.25. The lowest BCUT2D eigenvalue weighted by Gasteiger charge is -2.44. The molecule has 0 spiro atoms. The summed E-state index contributed by atoms with van der Waals surface area (Å²) >= 11 is 0. The van der Waals surface area contributed by atoms with Crippen molar-refractivity contribution in [1.29, 1.82) is 0 Å². The first kappa shape index (κ1) is 16.2. The summed E-state index contributed by atoms with van der Waals surface area (Å²) in [7, 11) is 6.05. The van der Waals surface area contributed by atoms with Crippen molar-refractivity contribution in [3.63, 3.8) is 0 Å². The normalized spacial score (nSPS) is 17.7. The smallest absolute Gasteiger partial charge is 0.224 e. The van der Waals surface area contributed by atoms with Gasteiger partial charge in [-0.2, -0.15) is 5.10 Å². The van der Waals surface area contributed by atoms with Crippen LogP contribution in [-0.2, 0) is 6.54 Å². The molecular formula is C18H25N7. The molecule has 2 aromatic heterocycles. The van der Waals surface area contributed by atoms with Gasteiger partial charge in [0.25, 0.3) is 0 Å². The van der Waals surface area contributed by atoms with E-state index in [-0.39, 0.29) is 0 Å². The topological polar surface area (TPSA) is 61.3 Å². The van der Waals surface area contributed by atoms with Crippen molar-refractivity contribution < 1.29 is 0 Å². The van der Waals surface area contributed by atoms with Crippen molar-refractivity contribution in [2.24, 2.45) is 0 Å². The van der Waals surface area contributed by atoms with Gasteiger partial charge in [-0.05, 0) is 32.0 Å². The quantitative estimate of drug-likeness (QED) is 0.791. The van der Waals surface area contributed by atoms with Crippen LogP contribution in [0.1, 0.15) is 30.0 Å². The molecule has 1 aliphatic heterocycles. The fraction of sp³-hybridized carbons (Fsp3) is 0.556. The lowest BCUT2D eigenvalue weighted by molar-refractivity contribution is 0.196. The van der Waals surface area contributed by atoms with Crippen molar-refractivity contribution >= 4 is 11.8 Å². The highest BCUT2D eigenvalue weighted by molar-refractivity contribution is 5.42. The second-order valence-electron chi connectivity index (χ2n) is 7.35. The molecule has 0 N–H and O–H groups in total. The molecule has 0 aromatic carbocycles. The second kappa shape index (κ2) is 6.55. The molecule has 0 radical (unpaired) electrons. The number of hydrogen-bond donors (Lipinski definition) is 0. The number of nitrogens with zero attached hydrogens (tertiary/aromatic N) is 7. The molecule has 0 amide bonds. The largest absolute Gasteiger partial charge is 0.352 e. The summed E-state index contributed by atoms with van der Waals surface area (Å²) in [4.78, 5) is 15.3. The van der Waals surface area contributed by atoms with Crippen molar-refractivity contribution in [3.05, 3.63) is 35.8 Å². The van der Waals surface area contributed by atoms with Crippen LogP contribution >= 0.6 is 0 Å². The van der Waals surface area contributed by atoms with E-state index in [4.69, 9.17) is 0 Å². The lowest BCUT2D eigenvalue weighted by Crippen LogP contribution is -2.58. The third-order valence-electron chi connectivity index (χ3n) is 5.00. The molecule has 25 heavy (non-hydrogen) atoms. The predicted molar refractivity (Wildman–Crippen MR) is 97.8 cm³/mol. The molecule has 1 aliphatic carbocycles. The summed E-state index contributed by atoms with van der Waals surface area (Å²) in [6.07, 6.45) is 6.36. The van der Waals surface area contributed by atoms with E-state index in [1.54, 1.807) is 0 Å². The van der Waals surface area contributed by atoms with Gasteiger partial charge in [0.1, 0.15) is 0 Å². The van der Waals surface area contributed by atoms with Crippen LogP contribution in [0.3, 0.4) is 0 Å². The van der Waals surface area contributed by atoms with Crippen molar-refractivity contribution in [1.82, 2.24) is 25.1 Å². The summed E-state index contributed by atoms with van der Waals surface area (Å²) in [6.45, 7) is 2.84. The number of hydrogen-bond acceptors (Lipinski definition) is 7. The van der Waals surface area contributed by atoms with Gasteiger partial charge in [-0.3, -0.25) is 4.90 Å². The summed E-state index contributed by atoms with van der Waals surface area (Å²) in [6, 6.07) is 4.78. The Morgan fingerprint density at radius 2 is 1.76 bits per heavy atom. The molecule has 132 valence electrons. The zero-order valence-electron chi connectivity index (χ0n) is 15.1. The van der Waals surface area contributed by atoms with E-state index in [2.05, 4.69) is 49.1 Å². The first-order valence-corrected chi connectivity index (χ1v) is 8.87. The number of likely N-dealkylation sites (N-methyl/N-ethyl adjacent to an activating group) is 1. The molecular weight excluding hydrogens is 314 g/mol. The van der Waals surface area contributed by atoms with Gasteiger partial charge in [0, 0.05) is 63.6 Å². The third-order valence-corrected chi connectivity index (χ3v) is 5.00. The Labute approximate surface area is 148 Å². The standard InChI is InChI=1S/C18H25N7/c1-23(2)18-19-8-13(9-20-18)10-24(3)15-11-25(12-15)17-7-6-16(21-22-17)14-4-5-14/h6-9,14-15H,4-5,10-12H2,1-3H3. The van der Waals surface area contributed by atoms with E-state index >= 15 is 0 Å². The van der Waals surface area contributed by atoms with Gasteiger partial charge < -0.3 is 9.80 Å². The molecule has 0 unspecified atom stereocenters. The summed E-state index contributed by atoms with van der Waals surface area (Å²) in [5, 5.41) is 8.78. The number of aromatic nitrogens is 4. The van der Waals surface area contributed by atoms with E-state index in [0.29, 0.717) is 12.0 Å². The summed E-state index contributed by atoms with van der Waals surface area (Å²) < 4.78 is 0. The molecule has 7 heteroatoms. The Morgan fingerprint density at radius 3 is 2.32 bits per heavy atom. The number of anilines is 2. The second-order valence-corrected chi connectivity index (χ2v) is 7.35. The van der Waals surface area contributed by atoms with Crippen LogP contribution in [0.25, 0.3) is 0 Å². The average Bonchev–Trinajstić information content (AvgIpc) is 3.39. The van der Waals surface area contributed by atoms with Gasteiger partial charge in [-0.1, -0.05) is 0 Å². The highest BCUT2D eigenvalue weighted by Crippen LogP contribution is 2.38. The highest BCUT2D eigenvalue weighted by atomic mass is 15.4. The third kappa shape index (κ3) is 3.56. The minimum atomic E-state index is 0.526. The van der Waals surface area contributed by atoms with Gasteiger partial charge in [-0.15, -0.1) is 5.10 Å². The molecule has 0 bridgehead atoms. The zero-order chi connectivity index (χ0) is 17.4. The fourth-order valence-corrected chi connectivity index (χ4v) is 3.10. The van der Waals surface area contributed by atoms with Gasteiger partial charge >= 0.3 is 0 Å². The first-order chi connectivity index (χ1) is 12.1. The molecule has 2 fully saturated rings. The van der Waals surface area contributed by atoms with Gasteiger partial charge in [0.2, 0.25) is 5.95 Å². The molecule has 2 aromatic rings. The highest BCUT2D eigenvalue weighted by Gasteiger charge is 2.32. The zero-order valence-corrected chi connectivity index (χ0v) is 15.1. The van der Waals surface area contributed by atoms with E-state index in [9.17, 15) is 0 Å². The van der Waals surface area contributed by atoms with Crippen LogP contribution in [0.4, 0.5) is 11.8 Å². The Balaban J connectivity index is 1.29. The Hall–Kier alpha value is -2.28. The van der Waals surface area contributed by atoms with Crippen molar-refractivity contribution in [2.45, 2.75) is 31.3 Å². The van der Waals surface area contributed by atoms with Crippen LogP contribution in [0, 0.1) is 0 Å². The maximum atomic E-state index is 4.40. The van der Waals surface area contributed by atoms with E-state index < -0.39 is 0 Å². The van der Waals surface area contributed by atoms with Crippen LogP contribution in [0.5, 0.6) is 0 Å². The van der Waals surface area contributed by atoms with Crippen LogP contribution in [0.2, 0.25) is 0 Å². The summed E-state index contributed by atoms with van der Waals surface area (Å²) in [5.41, 5.74) is 2.29. The Morgan fingerprint density at radius 1 is 1.04 bits per heavy atom. The minimum absolute atomic E-state index is 0.526. The monoisotopic (exact) mass is 339 g/mol.